The molecule has 1 aliphatic heterocycles. The number of hydrogen-bond donors (Lipinski definition) is 3. The Balaban J connectivity index is 2.36. The van der Waals surface area contributed by atoms with Crippen LogP contribution in [-0.2, 0) is 9.59 Å². The molecule has 0 aromatic carbocycles. The fraction of sp³-hybridized carbons (Fsp3) is 0.778. The number of nitrogens with two attached hydrogens (primary N) is 1. The highest BCUT2D eigenvalue weighted by atomic mass is 16.2. The molecule has 1 rings (SSSR count). The van der Waals surface area contributed by atoms with Crippen molar-refractivity contribution in [2.24, 2.45) is 5.73 Å². The molecule has 0 spiro atoms. The molecule has 2 amide bonds. The van der Waals surface area contributed by atoms with Crippen LogP contribution in [-0.4, -0.2) is 30.4 Å². The van der Waals surface area contributed by atoms with Gasteiger partial charge in [-0.3, -0.25) is 9.59 Å². The average molecular weight is 199 g/mol. The highest BCUT2D eigenvalue weighted by Gasteiger charge is 2.22. The smallest absolute Gasteiger partial charge is 0.239 e. The van der Waals surface area contributed by atoms with Gasteiger partial charge in [0.25, 0.3) is 0 Å². The minimum Gasteiger partial charge on any atom is -0.368 e. The molecule has 0 aliphatic carbocycles. The van der Waals surface area contributed by atoms with E-state index in [1.165, 1.54) is 0 Å². The van der Waals surface area contributed by atoms with E-state index < -0.39 is 11.9 Å². The largest absolute Gasteiger partial charge is 0.368 e. The van der Waals surface area contributed by atoms with Gasteiger partial charge in [-0.1, -0.05) is 6.42 Å². The maximum atomic E-state index is 11.5. The van der Waals surface area contributed by atoms with Crippen molar-refractivity contribution in [1.82, 2.24) is 10.6 Å². The van der Waals surface area contributed by atoms with Crippen molar-refractivity contribution < 1.29 is 9.59 Å². The van der Waals surface area contributed by atoms with Gasteiger partial charge in [-0.2, -0.15) is 0 Å². The van der Waals surface area contributed by atoms with Crippen LogP contribution >= 0.6 is 0 Å². The standard InChI is InChI=1S/C9H17N3O2/c1-6(8(10)13)12-9(14)7-4-2-3-5-11-7/h6-7,11H,2-5H2,1H3,(H2,10,13)(H,12,14)/t6-,7?/m1/s1. The lowest BCUT2D eigenvalue weighted by atomic mass is 10.0. The Morgan fingerprint density at radius 2 is 2.21 bits per heavy atom. The van der Waals surface area contributed by atoms with Gasteiger partial charge in [0.15, 0.2) is 0 Å². The Labute approximate surface area is 83.4 Å². The normalized spacial score (nSPS) is 23.9. The first kappa shape index (κ1) is 11.0. The van der Waals surface area contributed by atoms with Crippen molar-refractivity contribution in [3.63, 3.8) is 0 Å². The maximum Gasteiger partial charge on any atom is 0.239 e. The molecular weight excluding hydrogens is 182 g/mol. The molecule has 80 valence electrons. The van der Waals surface area contributed by atoms with E-state index in [0.29, 0.717) is 0 Å². The van der Waals surface area contributed by atoms with E-state index in [9.17, 15) is 9.59 Å². The molecule has 0 bridgehead atoms. The number of carbonyl (C=O) groups is 2. The summed E-state index contributed by atoms with van der Waals surface area (Å²) < 4.78 is 0. The Hall–Kier alpha value is -1.10. The molecule has 1 heterocycles. The van der Waals surface area contributed by atoms with Crippen LogP contribution in [0.25, 0.3) is 0 Å². The highest BCUT2D eigenvalue weighted by Crippen LogP contribution is 2.06. The first-order valence-electron chi connectivity index (χ1n) is 4.94. The predicted octanol–water partition coefficient (Wildman–Crippen LogP) is -0.881. The molecule has 1 fully saturated rings. The molecular formula is C9H17N3O2. The van der Waals surface area contributed by atoms with Gasteiger partial charge in [0.1, 0.15) is 6.04 Å². The second-order valence-corrected chi connectivity index (χ2v) is 3.64. The molecule has 5 heteroatoms. The van der Waals surface area contributed by atoms with Crippen LogP contribution in [0.4, 0.5) is 0 Å². The van der Waals surface area contributed by atoms with Crippen LogP contribution in [0.1, 0.15) is 26.2 Å². The van der Waals surface area contributed by atoms with Crippen LogP contribution < -0.4 is 16.4 Å². The molecule has 0 aromatic heterocycles. The quantitative estimate of drug-likeness (QED) is 0.552. The molecule has 14 heavy (non-hydrogen) atoms. The average Bonchev–Trinajstić information content (AvgIpc) is 2.19. The Kier molecular flexibility index (Phi) is 3.88. The van der Waals surface area contributed by atoms with E-state index in [4.69, 9.17) is 5.73 Å². The van der Waals surface area contributed by atoms with Crippen molar-refractivity contribution in [1.29, 1.82) is 0 Å². The lowest BCUT2D eigenvalue weighted by Gasteiger charge is -2.23. The molecule has 4 N–H and O–H groups in total. The van der Waals surface area contributed by atoms with Gasteiger partial charge in [-0.25, -0.2) is 0 Å². The van der Waals surface area contributed by atoms with Crippen LogP contribution in [0.3, 0.4) is 0 Å². The third-order valence-corrected chi connectivity index (χ3v) is 2.41. The summed E-state index contributed by atoms with van der Waals surface area (Å²) in [6, 6.07) is -0.753. The Bertz CT molecular complexity index is 224. The third-order valence-electron chi connectivity index (χ3n) is 2.41. The maximum absolute atomic E-state index is 11.5. The fourth-order valence-electron chi connectivity index (χ4n) is 1.46. The predicted molar refractivity (Wildman–Crippen MR) is 52.4 cm³/mol. The van der Waals surface area contributed by atoms with Gasteiger partial charge < -0.3 is 16.4 Å². The van der Waals surface area contributed by atoms with Crippen molar-refractivity contribution in [3.8, 4) is 0 Å². The second-order valence-electron chi connectivity index (χ2n) is 3.64. The van der Waals surface area contributed by atoms with Gasteiger partial charge in [0.05, 0.1) is 6.04 Å². The Morgan fingerprint density at radius 3 is 2.71 bits per heavy atom. The van der Waals surface area contributed by atoms with Crippen LogP contribution in [0.15, 0.2) is 0 Å². The lowest BCUT2D eigenvalue weighted by Crippen LogP contribution is -2.51. The third kappa shape index (κ3) is 2.99. The van der Waals surface area contributed by atoms with Gasteiger partial charge in [0.2, 0.25) is 11.8 Å². The first-order chi connectivity index (χ1) is 6.61. The summed E-state index contributed by atoms with van der Waals surface area (Å²) in [4.78, 5) is 22.2. The van der Waals surface area contributed by atoms with E-state index >= 15 is 0 Å². The summed E-state index contributed by atoms with van der Waals surface area (Å²) in [6.07, 6.45) is 2.99. The summed E-state index contributed by atoms with van der Waals surface area (Å²) in [5.41, 5.74) is 5.04. The monoisotopic (exact) mass is 199 g/mol. The lowest BCUT2D eigenvalue weighted by molar-refractivity contribution is -0.128. The summed E-state index contributed by atoms with van der Waals surface area (Å²) in [5.74, 6) is -0.634. The molecule has 0 radical (unpaired) electrons. The zero-order valence-corrected chi connectivity index (χ0v) is 8.38. The van der Waals surface area contributed by atoms with Gasteiger partial charge in [0, 0.05) is 0 Å². The molecule has 1 unspecified atom stereocenters. The number of hydrogen-bond acceptors (Lipinski definition) is 3. The minimum absolute atomic E-state index is 0.129. The molecule has 5 nitrogen and oxygen atoms in total. The number of nitrogens with one attached hydrogen (secondary N) is 2. The number of piperidine rings is 1. The minimum atomic E-state index is -0.591. The SMILES string of the molecule is C[C@@H](NC(=O)C1CCCCN1)C(N)=O. The highest BCUT2D eigenvalue weighted by molar-refractivity contribution is 5.88. The van der Waals surface area contributed by atoms with E-state index in [1.54, 1.807) is 6.92 Å². The molecule has 0 saturated carbocycles. The second kappa shape index (κ2) is 4.95. The van der Waals surface area contributed by atoms with Crippen LogP contribution in [0, 0.1) is 0 Å². The first-order valence-corrected chi connectivity index (χ1v) is 4.94. The molecule has 2 atom stereocenters. The molecule has 1 aliphatic rings. The van der Waals surface area contributed by atoms with E-state index in [1.807, 2.05) is 0 Å². The van der Waals surface area contributed by atoms with Gasteiger partial charge in [-0.15, -0.1) is 0 Å². The summed E-state index contributed by atoms with van der Waals surface area (Å²) >= 11 is 0. The summed E-state index contributed by atoms with van der Waals surface area (Å²) in [7, 11) is 0. The van der Waals surface area contributed by atoms with Crippen molar-refractivity contribution in [2.75, 3.05) is 6.54 Å². The number of amides is 2. The molecule has 0 aromatic rings. The van der Waals surface area contributed by atoms with Crippen molar-refractivity contribution in [2.45, 2.75) is 38.3 Å². The summed E-state index contributed by atoms with van der Waals surface area (Å²) in [5, 5.41) is 5.67. The van der Waals surface area contributed by atoms with Crippen molar-refractivity contribution >= 4 is 11.8 Å². The Morgan fingerprint density at radius 1 is 1.50 bits per heavy atom. The topological polar surface area (TPSA) is 84.2 Å². The fourth-order valence-corrected chi connectivity index (χ4v) is 1.46. The number of carbonyl (C=O) groups excluding carboxylic acids is 2. The number of rotatable bonds is 3. The zero-order chi connectivity index (χ0) is 10.6. The van der Waals surface area contributed by atoms with E-state index in [-0.39, 0.29) is 11.9 Å². The van der Waals surface area contributed by atoms with Gasteiger partial charge in [-0.05, 0) is 26.3 Å². The van der Waals surface area contributed by atoms with E-state index in [2.05, 4.69) is 10.6 Å². The zero-order valence-electron chi connectivity index (χ0n) is 8.38. The van der Waals surface area contributed by atoms with Crippen LogP contribution in [0.2, 0.25) is 0 Å². The van der Waals surface area contributed by atoms with E-state index in [0.717, 1.165) is 25.8 Å². The van der Waals surface area contributed by atoms with Crippen LogP contribution in [0.5, 0.6) is 0 Å². The molecule has 1 saturated heterocycles. The van der Waals surface area contributed by atoms with Crippen molar-refractivity contribution in [3.05, 3.63) is 0 Å². The van der Waals surface area contributed by atoms with Gasteiger partial charge >= 0.3 is 0 Å². The summed E-state index contributed by atoms with van der Waals surface area (Å²) in [6.45, 7) is 2.45. The number of primary amides is 1.